The van der Waals surface area contributed by atoms with E-state index >= 15 is 0 Å². The summed E-state index contributed by atoms with van der Waals surface area (Å²) in [6, 6.07) is 0.601. The summed E-state index contributed by atoms with van der Waals surface area (Å²) in [7, 11) is 1.72. The Morgan fingerprint density at radius 1 is 1.53 bits per heavy atom. The molecule has 0 amide bonds. The van der Waals surface area contributed by atoms with Crippen molar-refractivity contribution in [2.45, 2.75) is 25.8 Å². The fourth-order valence-corrected chi connectivity index (χ4v) is 2.63. The monoisotopic (exact) mass is 257 g/mol. The normalized spacial score (nSPS) is 14.9. The van der Waals surface area contributed by atoms with Crippen molar-refractivity contribution in [1.29, 1.82) is 0 Å². The lowest BCUT2D eigenvalue weighted by atomic mass is 10.4. The maximum Gasteiger partial charge on any atom is 0.197 e. The minimum absolute atomic E-state index is 0.495. The van der Waals surface area contributed by atoms with Gasteiger partial charge < -0.3 is 20.1 Å². The van der Waals surface area contributed by atoms with Gasteiger partial charge in [0.05, 0.1) is 13.2 Å². The molecule has 1 saturated carbocycles. The van der Waals surface area contributed by atoms with E-state index in [0.29, 0.717) is 25.1 Å². The third kappa shape index (κ3) is 2.81. The van der Waals surface area contributed by atoms with Gasteiger partial charge in [-0.05, 0) is 31.3 Å². The van der Waals surface area contributed by atoms with Crippen LogP contribution in [-0.2, 0) is 4.74 Å². The van der Waals surface area contributed by atoms with Crippen LogP contribution in [0.2, 0.25) is 0 Å². The number of nitrogen functional groups attached to an aromatic ring is 1. The molecule has 0 atom stereocenters. The molecule has 5 nitrogen and oxygen atoms in total. The number of anilines is 2. The molecule has 6 heteroatoms. The first-order chi connectivity index (χ1) is 8.27. The molecule has 0 spiro atoms. The third-order valence-electron chi connectivity index (χ3n) is 2.73. The average Bonchev–Trinajstić information content (AvgIpc) is 3.09. The maximum absolute atomic E-state index is 5.83. The number of nitrogens with two attached hydrogens (primary N) is 1. The lowest BCUT2D eigenvalue weighted by Gasteiger charge is -2.23. The fourth-order valence-electron chi connectivity index (χ4n) is 1.77. The minimum Gasteiger partial charge on any atom is -0.487 e. The summed E-state index contributed by atoms with van der Waals surface area (Å²) in [4.78, 5) is 2.31. The van der Waals surface area contributed by atoms with Gasteiger partial charge in [0, 0.05) is 19.7 Å². The topological polar surface area (TPSA) is 60.6 Å². The molecule has 1 aromatic rings. The van der Waals surface area contributed by atoms with E-state index in [2.05, 4.69) is 9.27 Å². The van der Waals surface area contributed by atoms with Crippen LogP contribution < -0.4 is 15.4 Å². The first-order valence-electron chi connectivity index (χ1n) is 5.91. The molecule has 1 aromatic heterocycles. The Balaban J connectivity index is 2.16. The first-order valence-corrected chi connectivity index (χ1v) is 6.68. The molecule has 96 valence electrons. The van der Waals surface area contributed by atoms with Gasteiger partial charge in [-0.25, -0.2) is 0 Å². The van der Waals surface area contributed by atoms with Crippen LogP contribution in [0.3, 0.4) is 0 Å². The van der Waals surface area contributed by atoms with Crippen LogP contribution in [0.1, 0.15) is 19.8 Å². The highest BCUT2D eigenvalue weighted by Gasteiger charge is 2.32. The lowest BCUT2D eigenvalue weighted by molar-refractivity contribution is 0.205. The molecule has 1 aliphatic rings. The van der Waals surface area contributed by atoms with E-state index in [-0.39, 0.29) is 0 Å². The molecule has 1 aliphatic carbocycles. The second-order valence-corrected chi connectivity index (χ2v) is 4.80. The number of hydrogen-bond acceptors (Lipinski definition) is 6. The molecule has 0 bridgehead atoms. The number of ether oxygens (including phenoxy) is 2. The molecule has 2 rings (SSSR count). The molecule has 0 unspecified atom stereocenters. The van der Waals surface area contributed by atoms with Gasteiger partial charge in [-0.15, -0.1) is 0 Å². The SMILES string of the molecule is CCOc1c(N)nsc1N(CCOC)C1CC1. The predicted molar refractivity (Wildman–Crippen MR) is 69.9 cm³/mol. The Morgan fingerprint density at radius 3 is 2.88 bits per heavy atom. The van der Waals surface area contributed by atoms with E-state index in [0.717, 1.165) is 17.3 Å². The van der Waals surface area contributed by atoms with Gasteiger partial charge in [-0.3, -0.25) is 0 Å². The quantitative estimate of drug-likeness (QED) is 0.806. The Bertz CT molecular complexity index is 366. The number of hydrogen-bond donors (Lipinski definition) is 1. The maximum atomic E-state index is 5.83. The van der Waals surface area contributed by atoms with Gasteiger partial charge in [-0.2, -0.15) is 4.37 Å². The summed E-state index contributed by atoms with van der Waals surface area (Å²) in [6.07, 6.45) is 2.46. The number of nitrogens with zero attached hydrogens (tertiary/aromatic N) is 2. The van der Waals surface area contributed by atoms with Crippen LogP contribution in [0.4, 0.5) is 10.8 Å². The van der Waals surface area contributed by atoms with Crippen LogP contribution in [0.15, 0.2) is 0 Å². The molecule has 0 aromatic carbocycles. The average molecular weight is 257 g/mol. The number of rotatable bonds is 7. The second-order valence-electron chi connectivity index (χ2n) is 4.05. The van der Waals surface area contributed by atoms with E-state index in [4.69, 9.17) is 15.2 Å². The molecule has 0 aliphatic heterocycles. The summed E-state index contributed by atoms with van der Waals surface area (Å²) >= 11 is 1.41. The van der Waals surface area contributed by atoms with Crippen molar-refractivity contribution in [2.75, 3.05) is 37.5 Å². The Labute approximate surface area is 106 Å². The van der Waals surface area contributed by atoms with E-state index in [1.165, 1.54) is 24.4 Å². The summed E-state index contributed by atoms with van der Waals surface area (Å²) in [5.41, 5.74) is 5.83. The number of methoxy groups -OCH3 is 1. The number of aromatic nitrogens is 1. The van der Waals surface area contributed by atoms with Crippen molar-refractivity contribution < 1.29 is 9.47 Å². The van der Waals surface area contributed by atoms with E-state index in [1.54, 1.807) is 7.11 Å². The van der Waals surface area contributed by atoms with Gasteiger partial charge in [0.2, 0.25) is 0 Å². The largest absolute Gasteiger partial charge is 0.487 e. The van der Waals surface area contributed by atoms with Gasteiger partial charge in [-0.1, -0.05) is 0 Å². The van der Waals surface area contributed by atoms with Gasteiger partial charge in [0.25, 0.3) is 0 Å². The molecule has 0 saturated heterocycles. The van der Waals surface area contributed by atoms with Gasteiger partial charge in [0.15, 0.2) is 16.6 Å². The molecule has 17 heavy (non-hydrogen) atoms. The van der Waals surface area contributed by atoms with Crippen LogP contribution in [0.25, 0.3) is 0 Å². The molecular formula is C11H19N3O2S. The minimum atomic E-state index is 0.495. The van der Waals surface area contributed by atoms with Crippen LogP contribution in [-0.4, -0.2) is 37.3 Å². The molecule has 1 fully saturated rings. The van der Waals surface area contributed by atoms with Crippen molar-refractivity contribution in [3.05, 3.63) is 0 Å². The molecule has 0 radical (unpaired) electrons. The standard InChI is InChI=1S/C11H19N3O2S/c1-3-16-9-10(12)13-17-11(9)14(6-7-15-2)8-4-5-8/h8H,3-7H2,1-2H3,(H2,12,13). The Kier molecular flexibility index (Phi) is 4.06. The Morgan fingerprint density at radius 2 is 2.29 bits per heavy atom. The van der Waals surface area contributed by atoms with E-state index < -0.39 is 0 Å². The molecule has 1 heterocycles. The first kappa shape index (κ1) is 12.4. The summed E-state index contributed by atoms with van der Waals surface area (Å²) in [6.45, 7) is 4.14. The van der Waals surface area contributed by atoms with Crippen molar-refractivity contribution in [2.24, 2.45) is 0 Å². The van der Waals surface area contributed by atoms with Crippen LogP contribution in [0.5, 0.6) is 5.75 Å². The second kappa shape index (κ2) is 5.55. The smallest absolute Gasteiger partial charge is 0.197 e. The van der Waals surface area contributed by atoms with Crippen molar-refractivity contribution in [3.63, 3.8) is 0 Å². The van der Waals surface area contributed by atoms with Crippen LogP contribution >= 0.6 is 11.5 Å². The highest BCUT2D eigenvalue weighted by Crippen LogP contribution is 2.42. The van der Waals surface area contributed by atoms with E-state index in [9.17, 15) is 0 Å². The molecular weight excluding hydrogens is 238 g/mol. The molecule has 2 N–H and O–H groups in total. The highest BCUT2D eigenvalue weighted by atomic mass is 32.1. The lowest BCUT2D eigenvalue weighted by Crippen LogP contribution is -2.29. The van der Waals surface area contributed by atoms with E-state index in [1.807, 2.05) is 6.92 Å². The summed E-state index contributed by atoms with van der Waals surface area (Å²) in [5.74, 6) is 1.23. The zero-order valence-corrected chi connectivity index (χ0v) is 11.1. The summed E-state index contributed by atoms with van der Waals surface area (Å²) < 4.78 is 14.9. The van der Waals surface area contributed by atoms with Crippen molar-refractivity contribution in [1.82, 2.24) is 4.37 Å². The van der Waals surface area contributed by atoms with Crippen molar-refractivity contribution in [3.8, 4) is 5.75 Å². The zero-order chi connectivity index (χ0) is 12.3. The highest BCUT2D eigenvalue weighted by molar-refractivity contribution is 7.11. The van der Waals surface area contributed by atoms with Crippen molar-refractivity contribution >= 4 is 22.4 Å². The van der Waals surface area contributed by atoms with Gasteiger partial charge in [0.1, 0.15) is 0 Å². The van der Waals surface area contributed by atoms with Gasteiger partial charge >= 0.3 is 0 Å². The fraction of sp³-hybridized carbons (Fsp3) is 0.727. The Hall–Kier alpha value is -1.01. The summed E-state index contributed by atoms with van der Waals surface area (Å²) in [5, 5.41) is 1.05. The third-order valence-corrected chi connectivity index (χ3v) is 3.61. The zero-order valence-electron chi connectivity index (χ0n) is 10.3. The van der Waals surface area contributed by atoms with Crippen LogP contribution in [0, 0.1) is 0 Å². The predicted octanol–water partition coefficient (Wildman–Crippen LogP) is 1.74.